The highest BCUT2D eigenvalue weighted by Crippen LogP contribution is 2.30. The highest BCUT2D eigenvalue weighted by Gasteiger charge is 2.27. The molecule has 0 radical (unpaired) electrons. The molecule has 5 nitrogen and oxygen atoms in total. The molecule has 5 rings (SSSR count). The van der Waals surface area contributed by atoms with Gasteiger partial charge in [-0.25, -0.2) is 0 Å². The average Bonchev–Trinajstić information content (AvgIpc) is 3.32. The number of amides is 1. The van der Waals surface area contributed by atoms with Crippen molar-refractivity contribution in [2.45, 2.75) is 13.0 Å². The Morgan fingerprint density at radius 3 is 2.85 bits per heavy atom. The number of H-pyrrole nitrogens is 1. The van der Waals surface area contributed by atoms with Crippen LogP contribution in [-0.2, 0) is 13.0 Å². The number of carbonyl (C=O) groups excluding carboxylic acids is 1. The molecule has 6 heteroatoms. The van der Waals surface area contributed by atoms with Gasteiger partial charge in [-0.1, -0.05) is 47.1 Å². The first-order valence-corrected chi connectivity index (χ1v) is 9.18. The van der Waals surface area contributed by atoms with Gasteiger partial charge in [0, 0.05) is 53.3 Å². The van der Waals surface area contributed by atoms with Crippen LogP contribution in [0.4, 0.5) is 0 Å². The van der Waals surface area contributed by atoms with E-state index in [1.54, 1.807) is 12.1 Å². The summed E-state index contributed by atoms with van der Waals surface area (Å²) in [6.07, 6.45) is 0.797. The Hall–Kier alpha value is -3.05. The van der Waals surface area contributed by atoms with Gasteiger partial charge in [-0.3, -0.25) is 4.79 Å². The zero-order valence-electron chi connectivity index (χ0n) is 14.4. The van der Waals surface area contributed by atoms with Gasteiger partial charge in [-0.2, -0.15) is 0 Å². The number of rotatable bonds is 2. The Morgan fingerprint density at radius 2 is 1.96 bits per heavy atom. The molecular formula is C21H16ClN3O2. The van der Waals surface area contributed by atoms with Crippen molar-refractivity contribution in [1.82, 2.24) is 15.0 Å². The van der Waals surface area contributed by atoms with Crippen LogP contribution in [0.5, 0.6) is 0 Å². The van der Waals surface area contributed by atoms with E-state index in [1.807, 2.05) is 35.2 Å². The third-order valence-electron chi connectivity index (χ3n) is 5.04. The lowest BCUT2D eigenvalue weighted by Gasteiger charge is -2.26. The summed E-state index contributed by atoms with van der Waals surface area (Å²) in [5.41, 5.74) is 4.52. The Balaban J connectivity index is 1.43. The summed E-state index contributed by atoms with van der Waals surface area (Å²) in [4.78, 5) is 18.2. The summed E-state index contributed by atoms with van der Waals surface area (Å²) in [5, 5.41) is 5.71. The van der Waals surface area contributed by atoms with Crippen LogP contribution in [0.1, 0.15) is 21.7 Å². The van der Waals surface area contributed by atoms with Crippen molar-refractivity contribution in [2.24, 2.45) is 0 Å². The molecule has 0 saturated carbocycles. The predicted molar refractivity (Wildman–Crippen MR) is 104 cm³/mol. The molecule has 4 aromatic rings. The molecule has 27 heavy (non-hydrogen) atoms. The molecule has 2 aromatic heterocycles. The van der Waals surface area contributed by atoms with Gasteiger partial charge in [-0.15, -0.1) is 0 Å². The number of nitrogens with zero attached hydrogens (tertiary/aromatic N) is 2. The van der Waals surface area contributed by atoms with Gasteiger partial charge in [0.05, 0.1) is 5.02 Å². The van der Waals surface area contributed by atoms with Gasteiger partial charge in [0.15, 0.2) is 11.5 Å². The van der Waals surface area contributed by atoms with Crippen LogP contribution in [0, 0.1) is 0 Å². The smallest absolute Gasteiger partial charge is 0.276 e. The fourth-order valence-electron chi connectivity index (χ4n) is 3.67. The van der Waals surface area contributed by atoms with Crippen LogP contribution < -0.4 is 0 Å². The number of carbonyl (C=O) groups is 1. The first-order chi connectivity index (χ1) is 13.2. The quantitative estimate of drug-likeness (QED) is 0.552. The molecule has 1 N–H and O–H groups in total. The van der Waals surface area contributed by atoms with Crippen LogP contribution in [0.2, 0.25) is 5.02 Å². The third-order valence-corrected chi connectivity index (χ3v) is 5.37. The lowest BCUT2D eigenvalue weighted by Crippen LogP contribution is -2.35. The highest BCUT2D eigenvalue weighted by molar-refractivity contribution is 6.33. The Morgan fingerprint density at radius 1 is 1.15 bits per heavy atom. The maximum Gasteiger partial charge on any atom is 0.276 e. The topological polar surface area (TPSA) is 62.1 Å². The van der Waals surface area contributed by atoms with Crippen LogP contribution in [0.25, 0.3) is 22.2 Å². The van der Waals surface area contributed by atoms with Crippen molar-refractivity contribution in [3.8, 4) is 11.3 Å². The van der Waals surface area contributed by atoms with E-state index >= 15 is 0 Å². The average molecular weight is 378 g/mol. The summed E-state index contributed by atoms with van der Waals surface area (Å²) in [6, 6.07) is 17.2. The summed E-state index contributed by atoms with van der Waals surface area (Å²) < 4.78 is 5.38. The van der Waals surface area contributed by atoms with Gasteiger partial charge in [0.1, 0.15) is 0 Å². The highest BCUT2D eigenvalue weighted by atomic mass is 35.5. The SMILES string of the molecule is O=C(c1cc(-c2ccccc2Cl)on1)N1CCc2[nH]c3ccccc3c2C1. The predicted octanol–water partition coefficient (Wildman–Crippen LogP) is 4.67. The van der Waals surface area contributed by atoms with E-state index < -0.39 is 0 Å². The molecule has 0 atom stereocenters. The molecule has 0 unspecified atom stereocenters. The van der Waals surface area contributed by atoms with Crippen LogP contribution in [-0.4, -0.2) is 27.5 Å². The zero-order valence-corrected chi connectivity index (χ0v) is 15.2. The Bertz CT molecular complexity index is 1160. The minimum absolute atomic E-state index is 0.131. The number of halogens is 1. The normalized spacial score (nSPS) is 13.7. The van der Waals surface area contributed by atoms with E-state index in [4.69, 9.17) is 16.1 Å². The van der Waals surface area contributed by atoms with Crippen molar-refractivity contribution in [2.75, 3.05) is 6.54 Å². The molecule has 0 spiro atoms. The number of hydrogen-bond acceptors (Lipinski definition) is 3. The van der Waals surface area contributed by atoms with Gasteiger partial charge < -0.3 is 14.4 Å². The molecule has 1 aliphatic rings. The first kappa shape index (κ1) is 16.1. The molecule has 1 amide bonds. The van der Waals surface area contributed by atoms with E-state index in [0.717, 1.165) is 17.5 Å². The molecule has 3 heterocycles. The second kappa shape index (κ2) is 6.28. The first-order valence-electron chi connectivity index (χ1n) is 8.80. The third kappa shape index (κ3) is 2.71. The van der Waals surface area contributed by atoms with E-state index in [2.05, 4.69) is 22.3 Å². The lowest BCUT2D eigenvalue weighted by atomic mass is 10.0. The zero-order chi connectivity index (χ0) is 18.4. The summed E-state index contributed by atoms with van der Waals surface area (Å²) in [6.45, 7) is 1.21. The number of hydrogen-bond donors (Lipinski definition) is 1. The van der Waals surface area contributed by atoms with Crippen molar-refractivity contribution < 1.29 is 9.32 Å². The number of nitrogens with one attached hydrogen (secondary N) is 1. The van der Waals surface area contributed by atoms with Crippen LogP contribution >= 0.6 is 11.6 Å². The molecule has 0 aliphatic carbocycles. The minimum atomic E-state index is -0.131. The van der Waals surface area contributed by atoms with Crippen LogP contribution in [0.15, 0.2) is 59.1 Å². The van der Waals surface area contributed by atoms with Gasteiger partial charge >= 0.3 is 0 Å². The maximum absolute atomic E-state index is 13.0. The molecule has 0 fully saturated rings. The van der Waals surface area contributed by atoms with Gasteiger partial charge in [-0.05, 0) is 18.2 Å². The van der Waals surface area contributed by atoms with Crippen molar-refractivity contribution in [3.63, 3.8) is 0 Å². The van der Waals surface area contributed by atoms with E-state index in [1.165, 1.54) is 16.6 Å². The lowest BCUT2D eigenvalue weighted by molar-refractivity contribution is 0.0724. The van der Waals surface area contributed by atoms with Gasteiger partial charge in [0.2, 0.25) is 0 Å². The van der Waals surface area contributed by atoms with Crippen molar-refractivity contribution >= 4 is 28.4 Å². The van der Waals surface area contributed by atoms with E-state index in [-0.39, 0.29) is 5.91 Å². The number of fused-ring (bicyclic) bond motifs is 3. The van der Waals surface area contributed by atoms with E-state index in [0.29, 0.717) is 29.6 Å². The minimum Gasteiger partial charge on any atom is -0.358 e. The second-order valence-corrected chi connectivity index (χ2v) is 7.07. The largest absolute Gasteiger partial charge is 0.358 e. The van der Waals surface area contributed by atoms with Crippen molar-refractivity contribution in [3.05, 3.63) is 76.6 Å². The maximum atomic E-state index is 13.0. The molecular weight excluding hydrogens is 362 g/mol. The monoisotopic (exact) mass is 377 g/mol. The molecule has 2 aromatic carbocycles. The summed E-state index contributed by atoms with van der Waals surface area (Å²) in [7, 11) is 0. The van der Waals surface area contributed by atoms with E-state index in [9.17, 15) is 4.79 Å². The fourth-order valence-corrected chi connectivity index (χ4v) is 3.89. The molecule has 0 saturated heterocycles. The number of aromatic nitrogens is 2. The Labute approximate surface area is 160 Å². The summed E-state index contributed by atoms with van der Waals surface area (Å²) in [5.74, 6) is 0.363. The number of aromatic amines is 1. The fraction of sp³-hybridized carbons (Fsp3) is 0.143. The second-order valence-electron chi connectivity index (χ2n) is 6.66. The number of para-hydroxylation sites is 1. The van der Waals surface area contributed by atoms with Crippen molar-refractivity contribution in [1.29, 1.82) is 0 Å². The number of benzene rings is 2. The van der Waals surface area contributed by atoms with Crippen LogP contribution in [0.3, 0.4) is 0 Å². The molecule has 0 bridgehead atoms. The molecule has 1 aliphatic heterocycles. The molecule has 134 valence electrons. The summed E-state index contributed by atoms with van der Waals surface area (Å²) >= 11 is 6.21. The standard InChI is InChI=1S/C21H16ClN3O2/c22-16-7-3-1-6-14(16)20-11-19(24-27-20)21(26)25-10-9-18-15(12-25)13-5-2-4-8-17(13)23-18/h1-8,11,23H,9-10,12H2. The van der Waals surface area contributed by atoms with Gasteiger partial charge in [0.25, 0.3) is 5.91 Å². The Kier molecular flexibility index (Phi) is 3.76.